The molecule has 6 bridgehead atoms. The molecule has 3 saturated carbocycles. The molecular formula is C60H53N3. The van der Waals surface area contributed by atoms with Gasteiger partial charge in [-0.2, -0.15) is 0 Å². The van der Waals surface area contributed by atoms with Gasteiger partial charge in [0.1, 0.15) is 0 Å². The first-order valence-electron chi connectivity index (χ1n) is 23.3. The molecule has 6 unspecified atom stereocenters. The molecule has 2 saturated heterocycles. The second kappa shape index (κ2) is 16.1. The zero-order chi connectivity index (χ0) is 41.7. The molecule has 308 valence electrons. The van der Waals surface area contributed by atoms with Gasteiger partial charge >= 0.3 is 0 Å². The molecule has 0 aromatic heterocycles. The summed E-state index contributed by atoms with van der Waals surface area (Å²) in [6.07, 6.45) is 8.21. The minimum Gasteiger partial charge on any atom is -0.365 e. The monoisotopic (exact) mass is 815 g/mol. The lowest BCUT2D eigenvalue weighted by molar-refractivity contribution is -0.0593. The van der Waals surface area contributed by atoms with E-state index in [1.807, 2.05) is 0 Å². The third-order valence-corrected chi connectivity index (χ3v) is 15.1. The van der Waals surface area contributed by atoms with Gasteiger partial charge in [0.05, 0.1) is 17.1 Å². The second-order valence-corrected chi connectivity index (χ2v) is 18.4. The quantitative estimate of drug-likeness (QED) is 0.148. The average Bonchev–Trinajstić information content (AvgIpc) is 3.35. The van der Waals surface area contributed by atoms with Crippen LogP contribution in [0, 0.1) is 23.7 Å². The fourth-order valence-electron chi connectivity index (χ4n) is 12.6. The zero-order valence-corrected chi connectivity index (χ0v) is 35.7. The summed E-state index contributed by atoms with van der Waals surface area (Å²) >= 11 is 0. The summed E-state index contributed by atoms with van der Waals surface area (Å²) in [7, 11) is 0. The van der Waals surface area contributed by atoms with Crippen molar-refractivity contribution >= 4 is 34.1 Å². The van der Waals surface area contributed by atoms with Crippen LogP contribution in [0.5, 0.6) is 0 Å². The molecule has 3 aliphatic carbocycles. The third kappa shape index (κ3) is 6.82. The number of nitrogens with one attached hydrogen (secondary N) is 1. The largest absolute Gasteiger partial charge is 0.365 e. The van der Waals surface area contributed by atoms with Gasteiger partial charge in [0.15, 0.2) is 0 Å². The smallest absolute Gasteiger partial charge is 0.0618 e. The van der Waals surface area contributed by atoms with Gasteiger partial charge in [-0.25, -0.2) is 0 Å². The maximum Gasteiger partial charge on any atom is 0.0618 e. The van der Waals surface area contributed by atoms with Crippen LogP contribution < -0.4 is 15.1 Å². The van der Waals surface area contributed by atoms with Crippen molar-refractivity contribution in [2.75, 3.05) is 15.1 Å². The van der Waals surface area contributed by atoms with Crippen LogP contribution >= 0.6 is 0 Å². The van der Waals surface area contributed by atoms with Crippen molar-refractivity contribution in [2.24, 2.45) is 23.7 Å². The highest BCUT2D eigenvalue weighted by Crippen LogP contribution is 2.61. The maximum atomic E-state index is 4.18. The second-order valence-electron chi connectivity index (χ2n) is 18.4. The molecule has 63 heavy (non-hydrogen) atoms. The molecule has 3 heteroatoms. The Hall–Kier alpha value is -6.84. The number of hydrogen-bond donors (Lipinski definition) is 1. The molecule has 2 heterocycles. The zero-order valence-electron chi connectivity index (χ0n) is 35.7. The van der Waals surface area contributed by atoms with Gasteiger partial charge in [0.25, 0.3) is 0 Å². The van der Waals surface area contributed by atoms with E-state index in [9.17, 15) is 0 Å². The minimum absolute atomic E-state index is 0.575. The Morgan fingerprint density at radius 2 is 0.937 bits per heavy atom. The Morgan fingerprint density at radius 1 is 0.429 bits per heavy atom. The molecule has 0 spiro atoms. The summed E-state index contributed by atoms with van der Waals surface area (Å²) in [5.74, 6) is 3.52. The van der Waals surface area contributed by atoms with Gasteiger partial charge < -0.3 is 15.1 Å². The van der Waals surface area contributed by atoms with Gasteiger partial charge in [-0.1, -0.05) is 182 Å². The lowest BCUT2D eigenvalue weighted by Crippen LogP contribution is -2.66. The van der Waals surface area contributed by atoms with Gasteiger partial charge in [0.2, 0.25) is 0 Å². The standard InChI is InChI=1S/C60H53N3/c1-6-19-41(20-7-1)52-30-17-31-53(42-21-8-2-9-22-42)59(52)61-46-37-49(62-48-35-45-36-58(62)56-34-16-29-51(45)57(56)40-48)39-50(38-46)63(47-27-14-5-15-28-47)60-54(43-23-10-3-11-24-43)32-18-33-55(60)44-25-12-4-13-26-44/h1-15,17-28,30-33,37-39,45,48,51,56-58,61H,16,29,34-36,40H2. The van der Waals surface area contributed by atoms with E-state index < -0.39 is 0 Å². The van der Waals surface area contributed by atoms with Crippen LogP contribution in [0.3, 0.4) is 0 Å². The molecule has 0 amide bonds. The predicted octanol–water partition coefficient (Wildman–Crippen LogP) is 16.0. The highest BCUT2D eigenvalue weighted by Gasteiger charge is 2.57. The van der Waals surface area contributed by atoms with Gasteiger partial charge in [-0.15, -0.1) is 0 Å². The number of rotatable bonds is 10. The third-order valence-electron chi connectivity index (χ3n) is 15.1. The Bertz CT molecular complexity index is 2740. The molecule has 8 aromatic rings. The topological polar surface area (TPSA) is 18.5 Å². The van der Waals surface area contributed by atoms with Gasteiger partial charge in [-0.3, -0.25) is 0 Å². The molecular weight excluding hydrogens is 763 g/mol. The molecule has 5 aliphatic rings. The fraction of sp³-hybridized carbons (Fsp3) is 0.200. The van der Waals surface area contributed by atoms with Crippen molar-refractivity contribution in [3.63, 3.8) is 0 Å². The number of benzene rings is 8. The molecule has 3 nitrogen and oxygen atoms in total. The van der Waals surface area contributed by atoms with E-state index in [-0.39, 0.29) is 0 Å². The Labute approximate surface area is 372 Å². The highest BCUT2D eigenvalue weighted by molar-refractivity contribution is 5.99. The van der Waals surface area contributed by atoms with Crippen LogP contribution in [0.2, 0.25) is 0 Å². The molecule has 2 aliphatic heterocycles. The number of hydrogen-bond acceptors (Lipinski definition) is 3. The Morgan fingerprint density at radius 3 is 1.51 bits per heavy atom. The Balaban J connectivity index is 1.10. The van der Waals surface area contributed by atoms with Crippen molar-refractivity contribution in [1.29, 1.82) is 0 Å². The summed E-state index contributed by atoms with van der Waals surface area (Å²) in [5, 5.41) is 4.18. The van der Waals surface area contributed by atoms with Crippen molar-refractivity contribution < 1.29 is 0 Å². The van der Waals surface area contributed by atoms with E-state index in [1.165, 1.54) is 94.4 Å². The maximum absolute atomic E-state index is 4.18. The van der Waals surface area contributed by atoms with Crippen molar-refractivity contribution in [2.45, 2.75) is 50.6 Å². The Kier molecular flexibility index (Phi) is 9.70. The normalized spacial score (nSPS) is 21.9. The molecule has 6 atom stereocenters. The van der Waals surface area contributed by atoms with Crippen LogP contribution in [0.1, 0.15) is 38.5 Å². The van der Waals surface area contributed by atoms with Crippen LogP contribution in [-0.2, 0) is 0 Å². The van der Waals surface area contributed by atoms with Crippen LogP contribution in [0.15, 0.2) is 206 Å². The lowest BCUT2D eigenvalue weighted by atomic mass is 9.49. The summed E-state index contributed by atoms with van der Waals surface area (Å²) in [6, 6.07) is 76.9. The van der Waals surface area contributed by atoms with E-state index in [0.29, 0.717) is 12.1 Å². The summed E-state index contributed by atoms with van der Waals surface area (Å²) in [6.45, 7) is 0. The van der Waals surface area contributed by atoms with Gasteiger partial charge in [-0.05, 0) is 108 Å². The summed E-state index contributed by atoms with van der Waals surface area (Å²) in [4.78, 5) is 5.48. The van der Waals surface area contributed by atoms with Crippen molar-refractivity contribution in [3.05, 3.63) is 206 Å². The number of piperidine rings is 2. The van der Waals surface area contributed by atoms with E-state index in [2.05, 4.69) is 221 Å². The number of para-hydroxylation sites is 3. The van der Waals surface area contributed by atoms with Crippen molar-refractivity contribution in [3.8, 4) is 44.5 Å². The van der Waals surface area contributed by atoms with Gasteiger partial charge in [0, 0.05) is 51.4 Å². The lowest BCUT2D eigenvalue weighted by Gasteiger charge is -2.66. The number of anilines is 6. The fourth-order valence-corrected chi connectivity index (χ4v) is 12.6. The van der Waals surface area contributed by atoms with E-state index >= 15 is 0 Å². The average molecular weight is 816 g/mol. The summed E-state index contributed by atoms with van der Waals surface area (Å²) < 4.78 is 0. The minimum atomic E-state index is 0.575. The molecule has 13 rings (SSSR count). The van der Waals surface area contributed by atoms with Crippen molar-refractivity contribution in [1.82, 2.24) is 0 Å². The van der Waals surface area contributed by atoms with Crippen LogP contribution in [0.25, 0.3) is 44.5 Å². The van der Waals surface area contributed by atoms with E-state index in [0.717, 1.165) is 46.4 Å². The number of nitrogens with zero attached hydrogens (tertiary/aromatic N) is 2. The summed E-state index contributed by atoms with van der Waals surface area (Å²) in [5.41, 5.74) is 16.6. The first kappa shape index (κ1) is 37.9. The van der Waals surface area contributed by atoms with Crippen LogP contribution in [-0.4, -0.2) is 12.1 Å². The first-order chi connectivity index (χ1) is 31.2. The highest BCUT2D eigenvalue weighted by atomic mass is 15.2. The molecule has 0 radical (unpaired) electrons. The molecule has 5 fully saturated rings. The predicted molar refractivity (Wildman–Crippen MR) is 264 cm³/mol. The van der Waals surface area contributed by atoms with Crippen LogP contribution in [0.4, 0.5) is 34.1 Å². The molecule has 8 aromatic carbocycles. The SMILES string of the molecule is c1ccc(-c2cccc(-c3ccccc3)c2Nc2cc(N(c3ccccc3)c3c(-c4ccccc4)cccc3-c3ccccc3)cc(N3C4CC5CC3C3CCCC5C3C4)c2)cc1. The van der Waals surface area contributed by atoms with E-state index in [4.69, 9.17) is 0 Å². The van der Waals surface area contributed by atoms with E-state index in [1.54, 1.807) is 0 Å². The molecule has 1 N–H and O–H groups in total. The first-order valence-corrected chi connectivity index (χ1v) is 23.3.